The van der Waals surface area contributed by atoms with E-state index in [0.717, 1.165) is 27.5 Å². The lowest BCUT2D eigenvalue weighted by molar-refractivity contribution is 0.292. The normalized spacial score (nSPS) is 10.7. The molecular formula is C16H18N4O2S. The zero-order valence-electron chi connectivity index (χ0n) is 12.7. The van der Waals surface area contributed by atoms with Gasteiger partial charge in [0.05, 0.1) is 17.3 Å². The summed E-state index contributed by atoms with van der Waals surface area (Å²) in [5, 5.41) is 17.3. The van der Waals surface area contributed by atoms with Gasteiger partial charge in [0.15, 0.2) is 5.82 Å². The number of hydrogen-bond acceptors (Lipinski definition) is 7. The van der Waals surface area contributed by atoms with Crippen molar-refractivity contribution >= 4 is 39.0 Å². The van der Waals surface area contributed by atoms with Crippen LogP contribution < -0.4 is 15.4 Å². The minimum atomic E-state index is 0.141. The van der Waals surface area contributed by atoms with Crippen molar-refractivity contribution in [3.05, 3.63) is 35.7 Å². The van der Waals surface area contributed by atoms with E-state index in [0.29, 0.717) is 18.9 Å². The van der Waals surface area contributed by atoms with Gasteiger partial charge in [0.2, 0.25) is 5.95 Å². The average molecular weight is 330 g/mol. The van der Waals surface area contributed by atoms with Gasteiger partial charge in [-0.3, -0.25) is 0 Å². The van der Waals surface area contributed by atoms with Crippen LogP contribution >= 0.6 is 11.3 Å². The summed E-state index contributed by atoms with van der Waals surface area (Å²) in [6, 6.07) is 9.67. The van der Waals surface area contributed by atoms with Crippen LogP contribution in [0.4, 0.5) is 17.5 Å². The summed E-state index contributed by atoms with van der Waals surface area (Å²) in [5.74, 6) is 2.09. The molecule has 0 atom stereocenters. The Kier molecular flexibility index (Phi) is 4.89. The lowest BCUT2D eigenvalue weighted by Crippen LogP contribution is -2.08. The maximum Gasteiger partial charge on any atom is 0.225 e. The molecule has 0 bridgehead atoms. The average Bonchev–Trinajstić information content (AvgIpc) is 3.04. The number of benzene rings is 1. The summed E-state index contributed by atoms with van der Waals surface area (Å²) < 4.78 is 6.25. The number of ether oxygens (including phenoxy) is 1. The van der Waals surface area contributed by atoms with E-state index >= 15 is 0 Å². The molecule has 3 rings (SSSR count). The lowest BCUT2D eigenvalue weighted by Gasteiger charge is -2.10. The van der Waals surface area contributed by atoms with Crippen LogP contribution in [0.25, 0.3) is 10.2 Å². The van der Waals surface area contributed by atoms with Crippen molar-refractivity contribution in [2.75, 3.05) is 30.9 Å². The Hall–Kier alpha value is -2.38. The van der Waals surface area contributed by atoms with Crippen LogP contribution in [0.2, 0.25) is 0 Å². The highest BCUT2D eigenvalue weighted by molar-refractivity contribution is 7.17. The van der Waals surface area contributed by atoms with Crippen LogP contribution in [0, 0.1) is 0 Å². The number of nitrogens with one attached hydrogen (secondary N) is 2. The quantitative estimate of drug-likeness (QED) is 0.577. The Balaban J connectivity index is 1.89. The Morgan fingerprint density at radius 1 is 1.26 bits per heavy atom. The van der Waals surface area contributed by atoms with Crippen LogP contribution in [0.15, 0.2) is 35.7 Å². The molecule has 0 aliphatic carbocycles. The summed E-state index contributed by atoms with van der Waals surface area (Å²) in [7, 11) is 1.64. The highest BCUT2D eigenvalue weighted by Crippen LogP contribution is 2.30. The second-order valence-electron chi connectivity index (χ2n) is 4.89. The lowest BCUT2D eigenvalue weighted by atomic mass is 10.3. The predicted molar refractivity (Wildman–Crippen MR) is 93.9 cm³/mol. The number of hydrogen-bond donors (Lipinski definition) is 3. The number of anilines is 3. The molecule has 0 aliphatic rings. The number of methoxy groups -OCH3 is 1. The molecule has 0 fully saturated rings. The van der Waals surface area contributed by atoms with Crippen LogP contribution in [0.1, 0.15) is 6.42 Å². The molecule has 0 saturated carbocycles. The summed E-state index contributed by atoms with van der Waals surface area (Å²) in [6.45, 7) is 0.771. The second kappa shape index (κ2) is 7.26. The maximum atomic E-state index is 8.88. The molecule has 0 radical (unpaired) electrons. The molecule has 0 spiro atoms. The molecule has 7 heteroatoms. The van der Waals surface area contributed by atoms with E-state index in [2.05, 4.69) is 20.6 Å². The largest absolute Gasteiger partial charge is 0.497 e. The number of aliphatic hydroxyl groups excluding tert-OH is 1. The van der Waals surface area contributed by atoms with E-state index in [9.17, 15) is 0 Å². The van der Waals surface area contributed by atoms with Crippen molar-refractivity contribution in [1.82, 2.24) is 9.97 Å². The number of nitrogens with zero attached hydrogens (tertiary/aromatic N) is 2. The Morgan fingerprint density at radius 2 is 2.17 bits per heavy atom. The summed E-state index contributed by atoms with van der Waals surface area (Å²) >= 11 is 1.59. The predicted octanol–water partition coefficient (Wildman–Crippen LogP) is 3.24. The third-order valence-electron chi connectivity index (χ3n) is 3.25. The summed E-state index contributed by atoms with van der Waals surface area (Å²) in [5.41, 5.74) is 1.79. The molecule has 0 saturated heterocycles. The molecule has 1 aromatic carbocycles. The molecule has 2 heterocycles. The van der Waals surface area contributed by atoms with Crippen LogP contribution in [0.3, 0.4) is 0 Å². The van der Waals surface area contributed by atoms with Gasteiger partial charge in [-0.25, -0.2) is 4.98 Å². The molecule has 6 nitrogen and oxygen atoms in total. The van der Waals surface area contributed by atoms with Gasteiger partial charge >= 0.3 is 0 Å². The number of thiophene rings is 1. The first-order chi connectivity index (χ1) is 11.3. The van der Waals surface area contributed by atoms with Gasteiger partial charge in [-0.2, -0.15) is 4.98 Å². The topological polar surface area (TPSA) is 79.3 Å². The van der Waals surface area contributed by atoms with Gasteiger partial charge < -0.3 is 20.5 Å². The minimum Gasteiger partial charge on any atom is -0.497 e. The van der Waals surface area contributed by atoms with Gasteiger partial charge in [-0.1, -0.05) is 6.07 Å². The highest BCUT2D eigenvalue weighted by Gasteiger charge is 2.09. The number of aliphatic hydroxyl groups is 1. The smallest absolute Gasteiger partial charge is 0.225 e. The third-order valence-corrected chi connectivity index (χ3v) is 4.16. The molecule has 0 amide bonds. The van der Waals surface area contributed by atoms with E-state index in [-0.39, 0.29) is 6.61 Å². The molecule has 2 aromatic heterocycles. The first-order valence-corrected chi connectivity index (χ1v) is 8.19. The number of fused-ring (bicyclic) bond motifs is 1. The molecule has 3 aromatic rings. The van der Waals surface area contributed by atoms with Crippen molar-refractivity contribution < 1.29 is 9.84 Å². The van der Waals surface area contributed by atoms with Crippen molar-refractivity contribution in [2.24, 2.45) is 0 Å². The van der Waals surface area contributed by atoms with Gasteiger partial charge in [0.25, 0.3) is 0 Å². The fraction of sp³-hybridized carbons (Fsp3) is 0.250. The van der Waals surface area contributed by atoms with Gasteiger partial charge in [0, 0.05) is 24.9 Å². The van der Waals surface area contributed by atoms with Crippen molar-refractivity contribution in [3.8, 4) is 5.75 Å². The van der Waals surface area contributed by atoms with Crippen molar-refractivity contribution in [3.63, 3.8) is 0 Å². The number of rotatable bonds is 7. The van der Waals surface area contributed by atoms with Crippen LogP contribution in [0.5, 0.6) is 5.75 Å². The Bertz CT molecular complexity index is 791. The molecule has 3 N–H and O–H groups in total. The van der Waals surface area contributed by atoms with E-state index < -0.39 is 0 Å². The Labute approximate surface area is 138 Å². The first kappa shape index (κ1) is 15.5. The van der Waals surface area contributed by atoms with Crippen molar-refractivity contribution in [2.45, 2.75) is 6.42 Å². The third kappa shape index (κ3) is 3.69. The first-order valence-electron chi connectivity index (χ1n) is 7.31. The molecule has 23 heavy (non-hydrogen) atoms. The van der Waals surface area contributed by atoms with E-state index in [1.807, 2.05) is 35.7 Å². The standard InChI is InChI=1S/C16H18N4O2S/c1-22-12-5-2-4-11(10-12)18-15-14-13(6-9-23-14)19-16(20-15)17-7-3-8-21/h2,4-6,9-10,21H,3,7-8H2,1H3,(H2,17,18,19,20). The molecule has 120 valence electrons. The van der Waals surface area contributed by atoms with Crippen molar-refractivity contribution in [1.29, 1.82) is 0 Å². The van der Waals surface area contributed by atoms with Gasteiger partial charge in [0.1, 0.15) is 5.75 Å². The minimum absolute atomic E-state index is 0.141. The SMILES string of the molecule is COc1cccc(Nc2nc(NCCCO)nc3ccsc23)c1. The summed E-state index contributed by atoms with van der Waals surface area (Å²) in [4.78, 5) is 9.04. The van der Waals surface area contributed by atoms with E-state index in [1.54, 1.807) is 18.4 Å². The van der Waals surface area contributed by atoms with Crippen LogP contribution in [-0.2, 0) is 0 Å². The van der Waals surface area contributed by atoms with Gasteiger partial charge in [-0.05, 0) is 30.0 Å². The monoisotopic (exact) mass is 330 g/mol. The Morgan fingerprint density at radius 3 is 3.00 bits per heavy atom. The van der Waals surface area contributed by atoms with E-state index in [4.69, 9.17) is 9.84 Å². The molecular weight excluding hydrogens is 312 g/mol. The van der Waals surface area contributed by atoms with Crippen LogP contribution in [-0.4, -0.2) is 35.3 Å². The summed E-state index contributed by atoms with van der Waals surface area (Å²) in [6.07, 6.45) is 0.656. The zero-order valence-corrected chi connectivity index (χ0v) is 13.6. The van der Waals surface area contributed by atoms with E-state index in [1.165, 1.54) is 0 Å². The number of aromatic nitrogens is 2. The fourth-order valence-corrected chi connectivity index (χ4v) is 2.92. The van der Waals surface area contributed by atoms with Gasteiger partial charge in [-0.15, -0.1) is 11.3 Å². The molecule has 0 unspecified atom stereocenters. The second-order valence-corrected chi connectivity index (χ2v) is 5.81. The fourth-order valence-electron chi connectivity index (χ4n) is 2.14. The maximum absolute atomic E-state index is 8.88. The zero-order chi connectivity index (χ0) is 16.1. The highest BCUT2D eigenvalue weighted by atomic mass is 32.1. The molecule has 0 aliphatic heterocycles.